The Morgan fingerprint density at radius 2 is 2.12 bits per heavy atom. The molecule has 4 heteroatoms. The van der Waals surface area contributed by atoms with Crippen LogP contribution in [0.4, 0.5) is 0 Å². The molecule has 0 amide bonds. The summed E-state index contributed by atoms with van der Waals surface area (Å²) in [6.07, 6.45) is 0.666. The number of halogens is 1. The molecule has 16 heavy (non-hydrogen) atoms. The molecule has 0 heterocycles. The van der Waals surface area contributed by atoms with Crippen molar-refractivity contribution in [3.05, 3.63) is 28.8 Å². The number of hydrogen-bond acceptors (Lipinski definition) is 3. The van der Waals surface area contributed by atoms with E-state index in [1.165, 1.54) is 0 Å². The molecular weight excluding hydrogens is 226 g/mol. The van der Waals surface area contributed by atoms with Gasteiger partial charge in [0.1, 0.15) is 5.75 Å². The highest BCUT2D eigenvalue weighted by Crippen LogP contribution is 2.31. The van der Waals surface area contributed by atoms with Crippen molar-refractivity contribution >= 4 is 11.6 Å². The molecule has 1 unspecified atom stereocenters. The molecule has 0 bridgehead atoms. The van der Waals surface area contributed by atoms with Gasteiger partial charge in [-0.25, -0.2) is 0 Å². The number of aliphatic hydroxyl groups excluding tert-OH is 1. The van der Waals surface area contributed by atoms with Gasteiger partial charge in [-0.1, -0.05) is 17.7 Å². The first-order valence-corrected chi connectivity index (χ1v) is 5.58. The maximum absolute atomic E-state index is 9.04. The van der Waals surface area contributed by atoms with Gasteiger partial charge in [0.15, 0.2) is 0 Å². The molecule has 0 radical (unpaired) electrons. The summed E-state index contributed by atoms with van der Waals surface area (Å²) in [5.74, 6) is 0.746. The summed E-state index contributed by atoms with van der Waals surface area (Å²) in [5, 5.41) is 9.72. The van der Waals surface area contributed by atoms with Crippen molar-refractivity contribution in [2.45, 2.75) is 12.5 Å². The van der Waals surface area contributed by atoms with E-state index in [4.69, 9.17) is 21.4 Å². The second-order valence-corrected chi connectivity index (χ2v) is 4.29. The fourth-order valence-corrected chi connectivity index (χ4v) is 2.02. The van der Waals surface area contributed by atoms with E-state index < -0.39 is 0 Å². The minimum Gasteiger partial charge on any atom is -0.497 e. The second-order valence-electron chi connectivity index (χ2n) is 3.88. The lowest BCUT2D eigenvalue weighted by molar-refractivity contribution is 0.211. The Morgan fingerprint density at radius 3 is 2.56 bits per heavy atom. The average Bonchev–Trinajstić information content (AvgIpc) is 2.26. The van der Waals surface area contributed by atoms with E-state index in [1.54, 1.807) is 13.2 Å². The van der Waals surface area contributed by atoms with Gasteiger partial charge in [-0.3, -0.25) is 0 Å². The van der Waals surface area contributed by atoms with Gasteiger partial charge in [0.05, 0.1) is 7.11 Å². The largest absolute Gasteiger partial charge is 0.497 e. The van der Waals surface area contributed by atoms with Crippen LogP contribution in [0.5, 0.6) is 5.75 Å². The molecule has 0 spiro atoms. The van der Waals surface area contributed by atoms with Gasteiger partial charge in [0, 0.05) is 17.7 Å². The van der Waals surface area contributed by atoms with Crippen molar-refractivity contribution in [3.63, 3.8) is 0 Å². The molecule has 0 saturated heterocycles. The van der Waals surface area contributed by atoms with Crippen molar-refractivity contribution in [3.8, 4) is 5.75 Å². The van der Waals surface area contributed by atoms with Crippen LogP contribution < -0.4 is 4.74 Å². The zero-order valence-corrected chi connectivity index (χ0v) is 10.7. The Morgan fingerprint density at radius 1 is 1.44 bits per heavy atom. The van der Waals surface area contributed by atoms with E-state index in [0.29, 0.717) is 11.4 Å². The smallest absolute Gasteiger partial charge is 0.120 e. The Hall–Kier alpha value is -0.770. The van der Waals surface area contributed by atoms with Crippen LogP contribution in [-0.4, -0.2) is 37.8 Å². The maximum Gasteiger partial charge on any atom is 0.120 e. The fourth-order valence-electron chi connectivity index (χ4n) is 1.72. The zero-order chi connectivity index (χ0) is 12.1. The summed E-state index contributed by atoms with van der Waals surface area (Å²) >= 11 is 6.19. The predicted octanol–water partition coefficient (Wildman–Crippen LogP) is 2.33. The molecule has 1 N–H and O–H groups in total. The highest BCUT2D eigenvalue weighted by Gasteiger charge is 2.16. The van der Waals surface area contributed by atoms with E-state index in [2.05, 4.69) is 0 Å². The normalized spacial score (nSPS) is 12.9. The number of benzene rings is 1. The van der Waals surface area contributed by atoms with Crippen LogP contribution in [0.2, 0.25) is 5.02 Å². The van der Waals surface area contributed by atoms with Gasteiger partial charge in [0.25, 0.3) is 0 Å². The molecule has 1 aromatic carbocycles. The third-order valence-corrected chi connectivity index (χ3v) is 2.92. The van der Waals surface area contributed by atoms with Crippen LogP contribution >= 0.6 is 11.6 Å². The van der Waals surface area contributed by atoms with Crippen molar-refractivity contribution in [2.75, 3.05) is 27.8 Å². The van der Waals surface area contributed by atoms with Crippen LogP contribution in [0.3, 0.4) is 0 Å². The Balaban J connectivity index is 3.00. The van der Waals surface area contributed by atoms with E-state index in [9.17, 15) is 0 Å². The Kier molecular flexibility index (Phi) is 5.06. The standard InChI is InChI=1S/C12H18ClNO2/c1-14(2)12(6-7-15)10-5-4-9(16-3)8-11(10)13/h4-5,8,12,15H,6-7H2,1-3H3. The Labute approximate surface area is 102 Å². The molecule has 0 fully saturated rings. The van der Waals surface area contributed by atoms with Gasteiger partial charge < -0.3 is 14.7 Å². The number of aliphatic hydroxyl groups is 1. The first kappa shape index (κ1) is 13.3. The van der Waals surface area contributed by atoms with Gasteiger partial charge in [-0.2, -0.15) is 0 Å². The Bertz CT molecular complexity index is 342. The zero-order valence-electron chi connectivity index (χ0n) is 9.90. The molecule has 0 aliphatic heterocycles. The molecule has 0 aliphatic carbocycles. The summed E-state index contributed by atoms with van der Waals surface area (Å²) < 4.78 is 5.10. The van der Waals surface area contributed by atoms with Crippen LogP contribution in [0.15, 0.2) is 18.2 Å². The number of nitrogens with zero attached hydrogens (tertiary/aromatic N) is 1. The van der Waals surface area contributed by atoms with Crippen molar-refractivity contribution in [1.82, 2.24) is 4.90 Å². The van der Waals surface area contributed by atoms with Gasteiger partial charge in [0.2, 0.25) is 0 Å². The van der Waals surface area contributed by atoms with Crippen molar-refractivity contribution in [2.24, 2.45) is 0 Å². The topological polar surface area (TPSA) is 32.7 Å². The molecule has 1 aromatic rings. The SMILES string of the molecule is COc1ccc(C(CCO)N(C)C)c(Cl)c1. The number of hydrogen-bond donors (Lipinski definition) is 1. The molecule has 0 saturated carbocycles. The van der Waals surface area contributed by atoms with E-state index in [-0.39, 0.29) is 12.6 Å². The molecule has 1 atom stereocenters. The van der Waals surface area contributed by atoms with Crippen LogP contribution in [0.1, 0.15) is 18.0 Å². The van der Waals surface area contributed by atoms with E-state index in [1.807, 2.05) is 31.1 Å². The highest BCUT2D eigenvalue weighted by molar-refractivity contribution is 6.31. The molecule has 90 valence electrons. The lowest BCUT2D eigenvalue weighted by Gasteiger charge is -2.25. The number of rotatable bonds is 5. The summed E-state index contributed by atoms with van der Waals surface area (Å²) in [6, 6.07) is 5.75. The number of ether oxygens (including phenoxy) is 1. The third kappa shape index (κ3) is 3.11. The van der Waals surface area contributed by atoms with Gasteiger partial charge in [-0.15, -0.1) is 0 Å². The maximum atomic E-state index is 9.04. The molecule has 0 aliphatic rings. The minimum atomic E-state index is 0.128. The van der Waals surface area contributed by atoms with Crippen LogP contribution in [-0.2, 0) is 0 Å². The van der Waals surface area contributed by atoms with E-state index >= 15 is 0 Å². The lowest BCUT2D eigenvalue weighted by atomic mass is 10.0. The quantitative estimate of drug-likeness (QED) is 0.862. The summed E-state index contributed by atoms with van der Waals surface area (Å²) in [4.78, 5) is 2.05. The van der Waals surface area contributed by atoms with E-state index in [0.717, 1.165) is 11.3 Å². The first-order chi connectivity index (χ1) is 7.60. The van der Waals surface area contributed by atoms with Gasteiger partial charge >= 0.3 is 0 Å². The molecule has 3 nitrogen and oxygen atoms in total. The van der Waals surface area contributed by atoms with Crippen LogP contribution in [0.25, 0.3) is 0 Å². The predicted molar refractivity (Wildman–Crippen MR) is 66.1 cm³/mol. The fraction of sp³-hybridized carbons (Fsp3) is 0.500. The summed E-state index contributed by atoms with van der Waals surface area (Å²) in [5.41, 5.74) is 1.02. The first-order valence-electron chi connectivity index (χ1n) is 5.21. The van der Waals surface area contributed by atoms with Crippen molar-refractivity contribution < 1.29 is 9.84 Å². The van der Waals surface area contributed by atoms with Gasteiger partial charge in [-0.05, 0) is 38.2 Å². The lowest BCUT2D eigenvalue weighted by Crippen LogP contribution is -2.21. The minimum absolute atomic E-state index is 0.128. The highest BCUT2D eigenvalue weighted by atomic mass is 35.5. The molecule has 1 rings (SSSR count). The average molecular weight is 244 g/mol. The summed E-state index contributed by atoms with van der Waals surface area (Å²) in [6.45, 7) is 0.144. The third-order valence-electron chi connectivity index (χ3n) is 2.59. The number of methoxy groups -OCH3 is 1. The summed E-state index contributed by atoms with van der Waals surface area (Å²) in [7, 11) is 5.56. The second kappa shape index (κ2) is 6.09. The molecule has 0 aromatic heterocycles. The molecular formula is C12H18ClNO2. The van der Waals surface area contributed by atoms with Crippen molar-refractivity contribution in [1.29, 1.82) is 0 Å². The monoisotopic (exact) mass is 243 g/mol. The van der Waals surface area contributed by atoms with Crippen LogP contribution in [0, 0.1) is 0 Å².